The smallest absolute Gasteiger partial charge is 0.140 e. The highest BCUT2D eigenvalue weighted by atomic mass is 32.1. The van der Waals surface area contributed by atoms with Crippen molar-refractivity contribution in [2.24, 2.45) is 0 Å². The van der Waals surface area contributed by atoms with Crippen LogP contribution in [0, 0.1) is 11.3 Å². The number of nitriles is 1. The number of rotatable bonds is 1. The first kappa shape index (κ1) is 11.9. The van der Waals surface area contributed by atoms with Crippen LogP contribution in [0.25, 0.3) is 27.1 Å². The van der Waals surface area contributed by atoms with Crippen molar-refractivity contribution in [1.82, 2.24) is 9.38 Å². The van der Waals surface area contributed by atoms with Crippen LogP contribution in [-0.4, -0.2) is 9.38 Å². The lowest BCUT2D eigenvalue weighted by atomic mass is 10.1. The van der Waals surface area contributed by atoms with Gasteiger partial charge < -0.3 is 5.73 Å². The molecule has 5 heteroatoms. The van der Waals surface area contributed by atoms with Crippen LogP contribution >= 0.6 is 11.3 Å². The number of anilines is 1. The Balaban J connectivity index is 2.19. The molecule has 0 amide bonds. The fourth-order valence-corrected chi connectivity index (χ4v) is 3.34. The monoisotopic (exact) mass is 290 g/mol. The van der Waals surface area contributed by atoms with Crippen LogP contribution in [0.5, 0.6) is 0 Å². The summed E-state index contributed by atoms with van der Waals surface area (Å²) in [6.07, 6.45) is 0. The van der Waals surface area contributed by atoms with E-state index in [0.29, 0.717) is 11.4 Å². The number of benzene rings is 1. The highest BCUT2D eigenvalue weighted by Gasteiger charge is 2.16. The van der Waals surface area contributed by atoms with Crippen LogP contribution in [0.2, 0.25) is 0 Å². The fraction of sp³-hybridized carbons (Fsp3) is 0. The predicted molar refractivity (Wildman–Crippen MR) is 85.1 cm³/mol. The third kappa shape index (κ3) is 1.63. The number of nitrogens with zero attached hydrogens (tertiary/aromatic N) is 3. The molecule has 3 heterocycles. The maximum Gasteiger partial charge on any atom is 0.140 e. The lowest BCUT2D eigenvalue weighted by molar-refractivity contribution is 1.23. The molecule has 0 bridgehead atoms. The number of hydrogen-bond acceptors (Lipinski definition) is 4. The van der Waals surface area contributed by atoms with Crippen LogP contribution in [-0.2, 0) is 0 Å². The van der Waals surface area contributed by atoms with Crippen molar-refractivity contribution in [1.29, 1.82) is 5.26 Å². The predicted octanol–water partition coefficient (Wildman–Crippen LogP) is 3.67. The second-order valence-electron chi connectivity index (χ2n) is 4.70. The van der Waals surface area contributed by atoms with E-state index in [1.807, 2.05) is 52.2 Å². The fourth-order valence-electron chi connectivity index (χ4n) is 2.59. The van der Waals surface area contributed by atoms with Gasteiger partial charge in [0, 0.05) is 10.4 Å². The average molecular weight is 290 g/mol. The molecular formula is C16H10N4S. The Morgan fingerprint density at radius 1 is 1.19 bits per heavy atom. The molecule has 0 aliphatic carbocycles. The molecule has 3 aromatic heterocycles. The van der Waals surface area contributed by atoms with Gasteiger partial charge in [-0.1, -0.05) is 18.2 Å². The van der Waals surface area contributed by atoms with Crippen molar-refractivity contribution in [2.45, 2.75) is 0 Å². The molecule has 0 unspecified atom stereocenters. The zero-order valence-electron chi connectivity index (χ0n) is 10.9. The summed E-state index contributed by atoms with van der Waals surface area (Å²) >= 11 is 1.59. The van der Waals surface area contributed by atoms with Crippen LogP contribution in [0.1, 0.15) is 5.56 Å². The molecule has 0 aliphatic rings. The van der Waals surface area contributed by atoms with Gasteiger partial charge in [0.1, 0.15) is 23.1 Å². The maximum atomic E-state index is 9.51. The summed E-state index contributed by atoms with van der Waals surface area (Å²) in [6.45, 7) is 0. The molecular weight excluding hydrogens is 280 g/mol. The van der Waals surface area contributed by atoms with Crippen molar-refractivity contribution < 1.29 is 0 Å². The summed E-state index contributed by atoms with van der Waals surface area (Å²) in [5.41, 5.74) is 10.1. The molecule has 0 saturated carbocycles. The Kier molecular flexibility index (Phi) is 2.46. The Morgan fingerprint density at radius 2 is 2.05 bits per heavy atom. The number of nitrogen functional groups attached to an aromatic ring is 1. The minimum absolute atomic E-state index is 0.437. The molecule has 0 aliphatic heterocycles. The van der Waals surface area contributed by atoms with Crippen molar-refractivity contribution >= 4 is 33.8 Å². The van der Waals surface area contributed by atoms with Gasteiger partial charge in [-0.2, -0.15) is 5.26 Å². The van der Waals surface area contributed by atoms with Crippen LogP contribution in [0.15, 0.2) is 47.8 Å². The van der Waals surface area contributed by atoms with Crippen molar-refractivity contribution in [3.05, 3.63) is 53.4 Å². The standard InChI is InChI=1S/C16H10N4S/c17-9-11-10(14-6-3-7-21-14)8-15-19-12-4-1-2-5-13(12)20(15)16(11)18/h1-8H,18H2. The van der Waals surface area contributed by atoms with Gasteiger partial charge in [-0.3, -0.25) is 4.40 Å². The van der Waals surface area contributed by atoms with Gasteiger partial charge in [0.15, 0.2) is 0 Å². The lowest BCUT2D eigenvalue weighted by Gasteiger charge is -2.08. The van der Waals surface area contributed by atoms with Crippen LogP contribution in [0.3, 0.4) is 0 Å². The molecule has 100 valence electrons. The molecule has 21 heavy (non-hydrogen) atoms. The number of hydrogen-bond donors (Lipinski definition) is 1. The number of thiophene rings is 1. The van der Waals surface area contributed by atoms with Gasteiger partial charge in [0.2, 0.25) is 0 Å². The quantitative estimate of drug-likeness (QED) is 0.581. The summed E-state index contributed by atoms with van der Waals surface area (Å²) in [4.78, 5) is 5.62. The summed E-state index contributed by atoms with van der Waals surface area (Å²) < 4.78 is 1.84. The first-order valence-corrected chi connectivity index (χ1v) is 7.31. The zero-order valence-corrected chi connectivity index (χ0v) is 11.8. The number of pyridine rings is 1. The van der Waals surface area contributed by atoms with E-state index >= 15 is 0 Å². The second-order valence-corrected chi connectivity index (χ2v) is 5.65. The molecule has 1 aromatic carbocycles. The highest BCUT2D eigenvalue weighted by molar-refractivity contribution is 7.13. The number of para-hydroxylation sites is 2. The molecule has 4 aromatic rings. The van der Waals surface area contributed by atoms with E-state index in [2.05, 4.69) is 11.1 Å². The SMILES string of the molecule is N#Cc1c(-c2cccs2)cc2nc3ccccc3n2c1N. The van der Waals surface area contributed by atoms with E-state index in [4.69, 9.17) is 5.73 Å². The summed E-state index contributed by atoms with van der Waals surface area (Å²) in [7, 11) is 0. The number of fused-ring (bicyclic) bond motifs is 3. The van der Waals surface area contributed by atoms with Crippen molar-refractivity contribution in [2.75, 3.05) is 5.73 Å². The van der Waals surface area contributed by atoms with E-state index in [-0.39, 0.29) is 0 Å². The third-order valence-corrected chi connectivity index (χ3v) is 4.43. The van der Waals surface area contributed by atoms with E-state index in [0.717, 1.165) is 27.1 Å². The van der Waals surface area contributed by atoms with E-state index in [9.17, 15) is 5.26 Å². The Bertz CT molecular complexity index is 1010. The maximum absolute atomic E-state index is 9.51. The van der Waals surface area contributed by atoms with Gasteiger partial charge in [0.25, 0.3) is 0 Å². The topological polar surface area (TPSA) is 67.1 Å². The largest absolute Gasteiger partial charge is 0.384 e. The minimum atomic E-state index is 0.437. The molecule has 0 radical (unpaired) electrons. The van der Waals surface area contributed by atoms with Gasteiger partial charge in [0.05, 0.1) is 11.0 Å². The zero-order chi connectivity index (χ0) is 14.4. The molecule has 4 nitrogen and oxygen atoms in total. The number of aromatic nitrogens is 2. The Labute approximate surface area is 124 Å². The first-order chi connectivity index (χ1) is 10.3. The third-order valence-electron chi connectivity index (χ3n) is 3.52. The molecule has 0 saturated heterocycles. The van der Waals surface area contributed by atoms with Crippen molar-refractivity contribution in [3.8, 4) is 16.5 Å². The normalized spacial score (nSPS) is 11.0. The van der Waals surface area contributed by atoms with Crippen LogP contribution < -0.4 is 5.73 Å². The molecule has 0 spiro atoms. The summed E-state index contributed by atoms with van der Waals surface area (Å²) in [5.74, 6) is 0.437. The molecule has 0 fully saturated rings. The van der Waals surface area contributed by atoms with E-state index in [1.165, 1.54) is 0 Å². The summed E-state index contributed by atoms with van der Waals surface area (Å²) in [6, 6.07) is 15.9. The van der Waals surface area contributed by atoms with Gasteiger partial charge in [-0.15, -0.1) is 11.3 Å². The van der Waals surface area contributed by atoms with Gasteiger partial charge >= 0.3 is 0 Å². The Hall–Kier alpha value is -2.84. The van der Waals surface area contributed by atoms with E-state index < -0.39 is 0 Å². The molecule has 4 rings (SSSR count). The Morgan fingerprint density at radius 3 is 2.81 bits per heavy atom. The molecule has 2 N–H and O–H groups in total. The number of nitrogens with two attached hydrogens (primary N) is 1. The van der Waals surface area contributed by atoms with Gasteiger partial charge in [-0.05, 0) is 29.6 Å². The first-order valence-electron chi connectivity index (χ1n) is 6.43. The highest BCUT2D eigenvalue weighted by Crippen LogP contribution is 2.33. The minimum Gasteiger partial charge on any atom is -0.384 e. The van der Waals surface area contributed by atoms with Gasteiger partial charge in [-0.25, -0.2) is 4.98 Å². The second kappa shape index (κ2) is 4.33. The lowest BCUT2D eigenvalue weighted by Crippen LogP contribution is -2.02. The molecule has 0 atom stereocenters. The van der Waals surface area contributed by atoms with Crippen LogP contribution in [0.4, 0.5) is 5.82 Å². The van der Waals surface area contributed by atoms with Crippen molar-refractivity contribution in [3.63, 3.8) is 0 Å². The average Bonchev–Trinajstić information content (AvgIpc) is 3.14. The summed E-state index contributed by atoms with van der Waals surface area (Å²) in [5, 5.41) is 11.5. The van der Waals surface area contributed by atoms with E-state index in [1.54, 1.807) is 11.3 Å². The number of imidazole rings is 1.